The summed E-state index contributed by atoms with van der Waals surface area (Å²) in [5.41, 5.74) is 5.41. The number of carbonyl (C=O) groups is 1. The Morgan fingerprint density at radius 2 is 2.47 bits per heavy atom. The number of esters is 1. The van der Waals surface area contributed by atoms with Crippen LogP contribution in [0.5, 0.6) is 0 Å². The average molecular weight is 211 g/mol. The summed E-state index contributed by atoms with van der Waals surface area (Å²) >= 11 is 0. The summed E-state index contributed by atoms with van der Waals surface area (Å²) in [7, 11) is 0. The van der Waals surface area contributed by atoms with Crippen LogP contribution in [0.25, 0.3) is 0 Å². The van der Waals surface area contributed by atoms with Gasteiger partial charge in [-0.2, -0.15) is 5.10 Å². The lowest BCUT2D eigenvalue weighted by molar-refractivity contribution is -0.145. The number of rotatable bonds is 5. The molecular formula is C10H17N3O2. The van der Waals surface area contributed by atoms with Crippen LogP contribution >= 0.6 is 0 Å². The molecule has 1 heterocycles. The zero-order chi connectivity index (χ0) is 11.3. The molecule has 1 atom stereocenters. The third-order valence-corrected chi connectivity index (χ3v) is 2.18. The predicted molar refractivity (Wildman–Crippen MR) is 57.1 cm³/mol. The first-order valence-electron chi connectivity index (χ1n) is 5.06. The highest BCUT2D eigenvalue weighted by Crippen LogP contribution is 2.02. The Morgan fingerprint density at radius 1 is 1.73 bits per heavy atom. The highest BCUT2D eigenvalue weighted by atomic mass is 16.5. The van der Waals surface area contributed by atoms with E-state index in [9.17, 15) is 4.79 Å². The summed E-state index contributed by atoms with van der Waals surface area (Å²) in [4.78, 5) is 11.3. The van der Waals surface area contributed by atoms with Crippen LogP contribution in [0.1, 0.15) is 20.3 Å². The van der Waals surface area contributed by atoms with Gasteiger partial charge in [-0.3, -0.25) is 9.48 Å². The first kappa shape index (κ1) is 11.6. The van der Waals surface area contributed by atoms with Gasteiger partial charge in [0.25, 0.3) is 0 Å². The van der Waals surface area contributed by atoms with Crippen molar-refractivity contribution in [3.63, 3.8) is 0 Å². The fourth-order valence-electron chi connectivity index (χ4n) is 0.996. The van der Waals surface area contributed by atoms with Gasteiger partial charge < -0.3 is 10.5 Å². The number of hydrogen-bond acceptors (Lipinski definition) is 4. The smallest absolute Gasteiger partial charge is 0.327 e. The van der Waals surface area contributed by atoms with E-state index in [0.29, 0.717) is 18.3 Å². The maximum atomic E-state index is 11.3. The number of anilines is 1. The zero-order valence-corrected chi connectivity index (χ0v) is 9.14. The van der Waals surface area contributed by atoms with Gasteiger partial charge in [0.1, 0.15) is 12.4 Å². The van der Waals surface area contributed by atoms with Crippen LogP contribution in [0.15, 0.2) is 12.3 Å². The number of carbonyl (C=O) groups excluding carboxylic acids is 1. The lowest BCUT2D eigenvalue weighted by Crippen LogP contribution is -2.17. The average Bonchev–Trinajstić information content (AvgIpc) is 2.60. The predicted octanol–water partition coefficient (Wildman–Crippen LogP) is 1.05. The zero-order valence-electron chi connectivity index (χ0n) is 9.14. The van der Waals surface area contributed by atoms with E-state index >= 15 is 0 Å². The number of aromatic nitrogens is 2. The summed E-state index contributed by atoms with van der Waals surface area (Å²) in [6.45, 7) is 4.69. The van der Waals surface area contributed by atoms with Gasteiger partial charge in [0.05, 0.1) is 6.61 Å². The molecule has 1 aromatic rings. The monoisotopic (exact) mass is 211 g/mol. The van der Waals surface area contributed by atoms with E-state index in [-0.39, 0.29) is 12.5 Å². The Labute approximate surface area is 89.2 Å². The number of hydrogen-bond donors (Lipinski definition) is 1. The maximum absolute atomic E-state index is 11.3. The molecule has 1 rings (SSSR count). The molecule has 1 unspecified atom stereocenters. The van der Waals surface area contributed by atoms with Crippen LogP contribution in [0.3, 0.4) is 0 Å². The van der Waals surface area contributed by atoms with Gasteiger partial charge in [0.2, 0.25) is 0 Å². The molecule has 1 aromatic heterocycles. The molecule has 0 aliphatic heterocycles. The van der Waals surface area contributed by atoms with Crippen molar-refractivity contribution in [1.82, 2.24) is 9.78 Å². The molecule has 0 radical (unpaired) electrons. The van der Waals surface area contributed by atoms with E-state index in [1.807, 2.05) is 6.92 Å². The number of nitrogen functional groups attached to an aromatic ring is 1. The van der Waals surface area contributed by atoms with Crippen molar-refractivity contribution in [3.8, 4) is 0 Å². The molecule has 0 fully saturated rings. The maximum Gasteiger partial charge on any atom is 0.327 e. The Bertz CT molecular complexity index is 322. The van der Waals surface area contributed by atoms with Gasteiger partial charge in [-0.1, -0.05) is 20.3 Å². The largest absolute Gasteiger partial charge is 0.464 e. The van der Waals surface area contributed by atoms with Gasteiger partial charge in [0, 0.05) is 6.20 Å². The van der Waals surface area contributed by atoms with Gasteiger partial charge >= 0.3 is 5.97 Å². The molecule has 0 spiro atoms. The molecule has 0 aromatic carbocycles. The van der Waals surface area contributed by atoms with Crippen molar-refractivity contribution < 1.29 is 9.53 Å². The second-order valence-corrected chi connectivity index (χ2v) is 3.63. The van der Waals surface area contributed by atoms with Gasteiger partial charge in [-0.25, -0.2) is 0 Å². The molecule has 0 saturated heterocycles. The van der Waals surface area contributed by atoms with E-state index in [1.54, 1.807) is 12.3 Å². The topological polar surface area (TPSA) is 70.1 Å². The lowest BCUT2D eigenvalue weighted by atomic mass is 10.1. The van der Waals surface area contributed by atoms with Crippen molar-refractivity contribution in [2.24, 2.45) is 5.92 Å². The highest BCUT2D eigenvalue weighted by Gasteiger charge is 2.07. The molecule has 0 saturated carbocycles. The SMILES string of the molecule is CCC(C)COC(=O)Cn1ccc(N)n1. The van der Waals surface area contributed by atoms with E-state index in [2.05, 4.69) is 12.0 Å². The summed E-state index contributed by atoms with van der Waals surface area (Å²) in [6, 6.07) is 1.64. The molecule has 15 heavy (non-hydrogen) atoms. The lowest BCUT2D eigenvalue weighted by Gasteiger charge is -2.09. The standard InChI is InChI=1S/C10H17N3O2/c1-3-8(2)7-15-10(14)6-13-5-4-9(11)12-13/h4-5,8H,3,6-7H2,1-2H3,(H2,11,12). The minimum Gasteiger partial charge on any atom is -0.464 e. The Balaban J connectivity index is 2.30. The Morgan fingerprint density at radius 3 is 3.00 bits per heavy atom. The molecule has 5 heteroatoms. The molecule has 84 valence electrons. The minimum absolute atomic E-state index is 0.119. The molecule has 0 bridgehead atoms. The third-order valence-electron chi connectivity index (χ3n) is 2.18. The van der Waals surface area contributed by atoms with Crippen molar-refractivity contribution in [3.05, 3.63) is 12.3 Å². The van der Waals surface area contributed by atoms with Crippen LogP contribution in [-0.2, 0) is 16.1 Å². The normalized spacial score (nSPS) is 12.4. The van der Waals surface area contributed by atoms with Crippen LogP contribution in [-0.4, -0.2) is 22.4 Å². The molecule has 5 nitrogen and oxygen atoms in total. The molecule has 0 amide bonds. The second kappa shape index (κ2) is 5.38. The van der Waals surface area contributed by atoms with E-state index in [4.69, 9.17) is 10.5 Å². The Kier molecular flexibility index (Phi) is 4.15. The van der Waals surface area contributed by atoms with Crippen molar-refractivity contribution in [2.45, 2.75) is 26.8 Å². The summed E-state index contributed by atoms with van der Waals surface area (Å²) in [5.74, 6) is 0.528. The van der Waals surface area contributed by atoms with Gasteiger partial charge in [-0.05, 0) is 12.0 Å². The van der Waals surface area contributed by atoms with E-state index < -0.39 is 0 Å². The van der Waals surface area contributed by atoms with E-state index in [0.717, 1.165) is 6.42 Å². The summed E-state index contributed by atoms with van der Waals surface area (Å²) in [5, 5.41) is 3.89. The first-order chi connectivity index (χ1) is 7.11. The van der Waals surface area contributed by atoms with Crippen LogP contribution in [0.4, 0.5) is 5.82 Å². The highest BCUT2D eigenvalue weighted by molar-refractivity contribution is 5.69. The molecule has 0 aliphatic rings. The van der Waals surface area contributed by atoms with Crippen LogP contribution in [0.2, 0.25) is 0 Å². The van der Waals surface area contributed by atoms with Gasteiger partial charge in [0.15, 0.2) is 0 Å². The fourth-order valence-corrected chi connectivity index (χ4v) is 0.996. The second-order valence-electron chi connectivity index (χ2n) is 3.63. The summed E-state index contributed by atoms with van der Waals surface area (Å²) < 4.78 is 6.53. The van der Waals surface area contributed by atoms with Crippen molar-refractivity contribution >= 4 is 11.8 Å². The molecule has 0 aliphatic carbocycles. The first-order valence-corrected chi connectivity index (χ1v) is 5.06. The van der Waals surface area contributed by atoms with E-state index in [1.165, 1.54) is 4.68 Å². The third kappa shape index (κ3) is 4.01. The minimum atomic E-state index is -0.279. The van der Waals surface area contributed by atoms with Crippen LogP contribution < -0.4 is 5.73 Å². The Hall–Kier alpha value is -1.52. The van der Waals surface area contributed by atoms with Crippen molar-refractivity contribution in [1.29, 1.82) is 0 Å². The number of nitrogens with zero attached hydrogens (tertiary/aromatic N) is 2. The quantitative estimate of drug-likeness (QED) is 0.739. The summed E-state index contributed by atoms with van der Waals surface area (Å²) in [6.07, 6.45) is 2.65. The van der Waals surface area contributed by atoms with Gasteiger partial charge in [-0.15, -0.1) is 0 Å². The van der Waals surface area contributed by atoms with Crippen molar-refractivity contribution in [2.75, 3.05) is 12.3 Å². The van der Waals surface area contributed by atoms with Crippen LogP contribution in [0, 0.1) is 5.92 Å². The molecular weight excluding hydrogens is 194 g/mol. The number of nitrogens with two attached hydrogens (primary N) is 1. The number of ether oxygens (including phenoxy) is 1. The fraction of sp³-hybridized carbons (Fsp3) is 0.600. The molecule has 2 N–H and O–H groups in total.